The van der Waals surface area contributed by atoms with Gasteiger partial charge in [-0.15, -0.1) is 0 Å². The quantitative estimate of drug-likeness (QED) is 0.803. The monoisotopic (exact) mass is 390 g/mol. The highest BCUT2D eigenvalue weighted by Gasteiger charge is 2.45. The molecule has 1 aromatic carbocycles. The molecule has 2 fully saturated rings. The number of hydrogen-bond donors (Lipinski definition) is 0. The van der Waals surface area contributed by atoms with E-state index in [-0.39, 0.29) is 11.5 Å². The molecule has 0 N–H and O–H groups in total. The summed E-state index contributed by atoms with van der Waals surface area (Å²) in [6, 6.07) is 15.6. The number of ether oxygens (including phenoxy) is 1. The second kappa shape index (κ2) is 8.32. The van der Waals surface area contributed by atoms with Gasteiger partial charge in [-0.05, 0) is 44.0 Å². The van der Waals surface area contributed by atoms with Crippen molar-refractivity contribution in [3.8, 4) is 6.07 Å². The lowest BCUT2D eigenvalue weighted by Gasteiger charge is -2.49. The molecule has 6 nitrogen and oxygen atoms in total. The lowest BCUT2D eigenvalue weighted by atomic mass is 9.88. The van der Waals surface area contributed by atoms with Crippen LogP contribution in [0.15, 0.2) is 48.7 Å². The SMILES string of the molecule is CC1OC2(CCN(CCc3cc(C#N)ccn3)CC2)CN(c2ccccc2)C1=O. The maximum atomic E-state index is 12.7. The fourth-order valence-corrected chi connectivity index (χ4v) is 4.29. The first-order valence-corrected chi connectivity index (χ1v) is 10.2. The molecule has 2 saturated heterocycles. The number of rotatable bonds is 4. The van der Waals surface area contributed by atoms with Crippen LogP contribution < -0.4 is 4.90 Å². The van der Waals surface area contributed by atoms with Gasteiger partial charge < -0.3 is 14.5 Å². The molecule has 2 aromatic rings. The Kier molecular flexibility index (Phi) is 5.61. The molecule has 6 heteroatoms. The number of benzene rings is 1. The number of aromatic nitrogens is 1. The van der Waals surface area contributed by atoms with E-state index in [1.807, 2.05) is 48.2 Å². The summed E-state index contributed by atoms with van der Waals surface area (Å²) in [4.78, 5) is 21.4. The number of hydrogen-bond acceptors (Lipinski definition) is 5. The number of nitrogens with zero attached hydrogens (tertiary/aromatic N) is 4. The van der Waals surface area contributed by atoms with Crippen molar-refractivity contribution < 1.29 is 9.53 Å². The van der Waals surface area contributed by atoms with E-state index in [4.69, 9.17) is 10.00 Å². The van der Waals surface area contributed by atoms with E-state index in [0.717, 1.165) is 50.3 Å². The molecule has 1 unspecified atom stereocenters. The Morgan fingerprint density at radius 3 is 2.72 bits per heavy atom. The van der Waals surface area contributed by atoms with E-state index < -0.39 is 6.10 Å². The van der Waals surface area contributed by atoms with Gasteiger partial charge in [-0.25, -0.2) is 0 Å². The highest BCUT2D eigenvalue weighted by Crippen LogP contribution is 2.35. The number of carbonyl (C=O) groups is 1. The summed E-state index contributed by atoms with van der Waals surface area (Å²) < 4.78 is 6.25. The minimum absolute atomic E-state index is 0.0349. The maximum absolute atomic E-state index is 12.7. The molecule has 1 aromatic heterocycles. The van der Waals surface area contributed by atoms with E-state index >= 15 is 0 Å². The van der Waals surface area contributed by atoms with Gasteiger partial charge >= 0.3 is 0 Å². The molecule has 2 aliphatic heterocycles. The molecule has 2 aliphatic rings. The third-order valence-electron chi connectivity index (χ3n) is 5.95. The molecule has 1 spiro atoms. The minimum atomic E-state index is -0.423. The van der Waals surface area contributed by atoms with Crippen molar-refractivity contribution in [1.82, 2.24) is 9.88 Å². The van der Waals surface area contributed by atoms with Crippen molar-refractivity contribution in [2.75, 3.05) is 31.1 Å². The lowest BCUT2D eigenvalue weighted by Crippen LogP contribution is -2.61. The Morgan fingerprint density at radius 1 is 1.24 bits per heavy atom. The number of piperidine rings is 1. The standard InChI is InChI=1S/C23H26N4O2/c1-18-22(28)27(21-5-3-2-4-6-21)17-23(29-18)9-13-26(14-10-23)12-8-20-15-19(16-24)7-11-25-20/h2-7,11,15,18H,8-10,12-14,17H2,1H3. The summed E-state index contributed by atoms with van der Waals surface area (Å²) in [7, 11) is 0. The molecule has 0 radical (unpaired) electrons. The number of para-hydroxylation sites is 1. The number of anilines is 1. The first kappa shape index (κ1) is 19.6. The van der Waals surface area contributed by atoms with Crippen LogP contribution in [0.4, 0.5) is 5.69 Å². The normalized spacial score (nSPS) is 21.9. The van der Waals surface area contributed by atoms with Crippen molar-refractivity contribution in [2.24, 2.45) is 0 Å². The summed E-state index contributed by atoms with van der Waals surface area (Å²) in [5, 5.41) is 9.03. The van der Waals surface area contributed by atoms with Crippen LogP contribution in [0, 0.1) is 11.3 Å². The Balaban J connectivity index is 1.37. The smallest absolute Gasteiger partial charge is 0.255 e. The average molecular weight is 390 g/mol. The second-order valence-corrected chi connectivity index (χ2v) is 7.94. The summed E-state index contributed by atoms with van der Waals surface area (Å²) in [5.74, 6) is 0.0349. The molecule has 1 amide bonds. The van der Waals surface area contributed by atoms with E-state index in [2.05, 4.69) is 16.0 Å². The Bertz CT molecular complexity index is 901. The van der Waals surface area contributed by atoms with Crippen molar-refractivity contribution in [1.29, 1.82) is 5.26 Å². The van der Waals surface area contributed by atoms with Crippen molar-refractivity contribution in [3.63, 3.8) is 0 Å². The second-order valence-electron chi connectivity index (χ2n) is 7.94. The molecular weight excluding hydrogens is 364 g/mol. The zero-order valence-corrected chi connectivity index (χ0v) is 16.8. The van der Waals surface area contributed by atoms with E-state index in [1.165, 1.54) is 0 Å². The Labute approximate surface area is 171 Å². The summed E-state index contributed by atoms with van der Waals surface area (Å²) >= 11 is 0. The number of likely N-dealkylation sites (tertiary alicyclic amines) is 1. The zero-order chi connectivity index (χ0) is 20.3. The van der Waals surface area contributed by atoms with Crippen LogP contribution in [0.5, 0.6) is 0 Å². The zero-order valence-electron chi connectivity index (χ0n) is 16.8. The molecule has 3 heterocycles. The minimum Gasteiger partial charge on any atom is -0.360 e. The fraction of sp³-hybridized carbons (Fsp3) is 0.435. The van der Waals surface area contributed by atoms with Gasteiger partial charge in [-0.3, -0.25) is 9.78 Å². The number of pyridine rings is 1. The van der Waals surface area contributed by atoms with E-state index in [0.29, 0.717) is 12.1 Å². The predicted octanol–water partition coefficient (Wildman–Crippen LogP) is 2.78. The van der Waals surface area contributed by atoms with Crippen LogP contribution in [0.2, 0.25) is 0 Å². The van der Waals surface area contributed by atoms with Gasteiger partial charge in [0.1, 0.15) is 6.10 Å². The van der Waals surface area contributed by atoms with Gasteiger partial charge in [0.25, 0.3) is 5.91 Å². The maximum Gasteiger partial charge on any atom is 0.255 e. The highest BCUT2D eigenvalue weighted by atomic mass is 16.5. The van der Waals surface area contributed by atoms with Gasteiger partial charge in [0.2, 0.25) is 0 Å². The summed E-state index contributed by atoms with van der Waals surface area (Å²) in [6.45, 7) is 5.25. The van der Waals surface area contributed by atoms with Gasteiger partial charge in [-0.2, -0.15) is 5.26 Å². The van der Waals surface area contributed by atoms with Gasteiger partial charge in [-0.1, -0.05) is 18.2 Å². The largest absolute Gasteiger partial charge is 0.360 e. The van der Waals surface area contributed by atoms with Crippen molar-refractivity contribution in [3.05, 3.63) is 59.9 Å². The first-order chi connectivity index (χ1) is 14.1. The molecule has 1 atom stereocenters. The van der Waals surface area contributed by atoms with Crippen LogP contribution in [0.25, 0.3) is 0 Å². The molecule has 0 saturated carbocycles. The third kappa shape index (κ3) is 4.31. The molecule has 0 bridgehead atoms. The van der Waals surface area contributed by atoms with Crippen molar-refractivity contribution >= 4 is 11.6 Å². The van der Waals surface area contributed by atoms with Crippen LogP contribution in [0.3, 0.4) is 0 Å². The van der Waals surface area contributed by atoms with Crippen LogP contribution >= 0.6 is 0 Å². The number of morpholine rings is 1. The number of amides is 1. The summed E-state index contributed by atoms with van der Waals surface area (Å²) in [5.41, 5.74) is 2.27. The predicted molar refractivity (Wildman–Crippen MR) is 110 cm³/mol. The number of carbonyl (C=O) groups excluding carboxylic acids is 1. The van der Waals surface area contributed by atoms with Crippen molar-refractivity contribution in [2.45, 2.75) is 37.9 Å². The molecule has 0 aliphatic carbocycles. The number of nitriles is 1. The van der Waals surface area contributed by atoms with Gasteiger partial charge in [0, 0.05) is 43.6 Å². The first-order valence-electron chi connectivity index (χ1n) is 10.2. The van der Waals surface area contributed by atoms with Crippen LogP contribution in [0.1, 0.15) is 31.0 Å². The molecule has 4 rings (SSSR count). The van der Waals surface area contributed by atoms with Crippen LogP contribution in [-0.4, -0.2) is 53.7 Å². The third-order valence-corrected chi connectivity index (χ3v) is 5.95. The Hall–Kier alpha value is -2.75. The molecule has 29 heavy (non-hydrogen) atoms. The van der Waals surface area contributed by atoms with Crippen LogP contribution in [-0.2, 0) is 16.0 Å². The fourth-order valence-electron chi connectivity index (χ4n) is 4.29. The average Bonchev–Trinajstić information content (AvgIpc) is 2.77. The Morgan fingerprint density at radius 2 is 2.00 bits per heavy atom. The topological polar surface area (TPSA) is 69.5 Å². The highest BCUT2D eigenvalue weighted by molar-refractivity contribution is 5.97. The molecular formula is C23H26N4O2. The lowest BCUT2D eigenvalue weighted by molar-refractivity contribution is -0.161. The molecule has 150 valence electrons. The van der Waals surface area contributed by atoms with E-state index in [1.54, 1.807) is 12.3 Å². The van der Waals surface area contributed by atoms with Gasteiger partial charge in [0.15, 0.2) is 0 Å². The summed E-state index contributed by atoms with van der Waals surface area (Å²) in [6.07, 6.45) is 3.91. The van der Waals surface area contributed by atoms with Gasteiger partial charge in [0.05, 0.1) is 23.8 Å². The van der Waals surface area contributed by atoms with E-state index in [9.17, 15) is 4.79 Å².